The van der Waals surface area contributed by atoms with Gasteiger partial charge < -0.3 is 14.8 Å². The Morgan fingerprint density at radius 3 is 2.30 bits per heavy atom. The van der Waals surface area contributed by atoms with Crippen molar-refractivity contribution in [3.63, 3.8) is 0 Å². The third-order valence-electron chi connectivity index (χ3n) is 3.81. The molecule has 1 saturated heterocycles. The highest BCUT2D eigenvalue weighted by molar-refractivity contribution is 5.93. The molecule has 0 spiro atoms. The summed E-state index contributed by atoms with van der Waals surface area (Å²) in [4.78, 5) is 42.9. The third kappa shape index (κ3) is 3.15. The van der Waals surface area contributed by atoms with Gasteiger partial charge in [-0.3, -0.25) is 14.6 Å². The van der Waals surface area contributed by atoms with Gasteiger partial charge in [0.25, 0.3) is 11.5 Å². The zero-order valence-corrected chi connectivity index (χ0v) is 12.2. The summed E-state index contributed by atoms with van der Waals surface area (Å²) < 4.78 is 12.9. The molecule has 2 aromatic rings. The molecule has 1 aliphatic rings. The van der Waals surface area contributed by atoms with Gasteiger partial charge in [-0.25, -0.2) is 9.18 Å². The van der Waals surface area contributed by atoms with Gasteiger partial charge in [-0.2, -0.15) is 0 Å². The average molecular weight is 318 g/mol. The fraction of sp³-hybridized carbons (Fsp3) is 0.267. The van der Waals surface area contributed by atoms with Gasteiger partial charge in [0.1, 0.15) is 11.4 Å². The predicted octanol–water partition coefficient (Wildman–Crippen LogP) is 0.165. The predicted molar refractivity (Wildman–Crippen MR) is 82.2 cm³/mol. The second-order valence-corrected chi connectivity index (χ2v) is 5.24. The van der Waals surface area contributed by atoms with Gasteiger partial charge in [0.15, 0.2) is 0 Å². The number of H-pyrrole nitrogens is 2. The van der Waals surface area contributed by atoms with E-state index < -0.39 is 17.2 Å². The monoisotopic (exact) mass is 318 g/mol. The fourth-order valence-electron chi connectivity index (χ4n) is 2.56. The molecular formula is C15H15FN4O3. The Morgan fingerprint density at radius 1 is 1.04 bits per heavy atom. The molecule has 0 radical (unpaired) electrons. The number of piperazine rings is 1. The zero-order chi connectivity index (χ0) is 16.4. The van der Waals surface area contributed by atoms with Crippen LogP contribution in [0, 0.1) is 5.82 Å². The van der Waals surface area contributed by atoms with E-state index in [1.807, 2.05) is 9.88 Å². The third-order valence-corrected chi connectivity index (χ3v) is 3.81. The molecule has 120 valence electrons. The Labute approximate surface area is 130 Å². The zero-order valence-electron chi connectivity index (χ0n) is 12.2. The van der Waals surface area contributed by atoms with E-state index in [2.05, 4.69) is 4.98 Å². The first-order valence-corrected chi connectivity index (χ1v) is 7.16. The fourth-order valence-corrected chi connectivity index (χ4v) is 2.56. The molecule has 1 aliphatic heterocycles. The van der Waals surface area contributed by atoms with Crippen LogP contribution >= 0.6 is 0 Å². The van der Waals surface area contributed by atoms with Gasteiger partial charge in [-0.1, -0.05) is 0 Å². The van der Waals surface area contributed by atoms with E-state index in [1.165, 1.54) is 12.1 Å². The van der Waals surface area contributed by atoms with E-state index in [-0.39, 0.29) is 11.4 Å². The summed E-state index contributed by atoms with van der Waals surface area (Å²) in [5.74, 6) is -0.707. The number of carbonyl (C=O) groups is 1. The van der Waals surface area contributed by atoms with E-state index in [4.69, 9.17) is 0 Å². The summed E-state index contributed by atoms with van der Waals surface area (Å²) >= 11 is 0. The number of amides is 1. The first-order valence-electron chi connectivity index (χ1n) is 7.16. The molecule has 2 N–H and O–H groups in total. The lowest BCUT2D eigenvalue weighted by atomic mass is 10.2. The van der Waals surface area contributed by atoms with Crippen molar-refractivity contribution in [1.29, 1.82) is 0 Å². The van der Waals surface area contributed by atoms with Crippen LogP contribution in [0.4, 0.5) is 10.1 Å². The van der Waals surface area contributed by atoms with Crippen molar-refractivity contribution in [3.8, 4) is 0 Å². The smallest absolute Gasteiger partial charge is 0.325 e. The minimum absolute atomic E-state index is 0.0835. The molecule has 0 saturated carbocycles. The van der Waals surface area contributed by atoms with E-state index in [0.717, 1.165) is 11.9 Å². The van der Waals surface area contributed by atoms with Crippen LogP contribution in [0.3, 0.4) is 0 Å². The number of halogens is 1. The summed E-state index contributed by atoms with van der Waals surface area (Å²) in [5.41, 5.74) is -0.535. The quantitative estimate of drug-likeness (QED) is 0.826. The first kappa shape index (κ1) is 15.0. The van der Waals surface area contributed by atoms with E-state index in [9.17, 15) is 18.8 Å². The van der Waals surface area contributed by atoms with Gasteiger partial charge in [0, 0.05) is 38.1 Å². The number of benzene rings is 1. The molecule has 0 aliphatic carbocycles. The molecule has 1 amide bonds. The lowest BCUT2D eigenvalue weighted by Crippen LogP contribution is -2.50. The molecule has 2 heterocycles. The van der Waals surface area contributed by atoms with Crippen molar-refractivity contribution in [2.75, 3.05) is 31.1 Å². The van der Waals surface area contributed by atoms with Crippen LogP contribution in [0.5, 0.6) is 0 Å². The Morgan fingerprint density at radius 2 is 1.70 bits per heavy atom. The molecular weight excluding hydrogens is 303 g/mol. The van der Waals surface area contributed by atoms with Crippen molar-refractivity contribution in [2.24, 2.45) is 0 Å². The second-order valence-electron chi connectivity index (χ2n) is 5.24. The topological polar surface area (TPSA) is 89.3 Å². The minimum atomic E-state index is -0.695. The van der Waals surface area contributed by atoms with Gasteiger partial charge in [-0.15, -0.1) is 0 Å². The lowest BCUT2D eigenvalue weighted by molar-refractivity contribution is 0.0744. The molecule has 0 atom stereocenters. The molecule has 0 bridgehead atoms. The highest BCUT2D eigenvalue weighted by Crippen LogP contribution is 2.17. The van der Waals surface area contributed by atoms with E-state index in [0.29, 0.717) is 26.2 Å². The van der Waals surface area contributed by atoms with E-state index >= 15 is 0 Å². The van der Waals surface area contributed by atoms with Crippen molar-refractivity contribution in [3.05, 3.63) is 62.7 Å². The van der Waals surface area contributed by atoms with Crippen LogP contribution in [0.25, 0.3) is 0 Å². The number of rotatable bonds is 2. The molecule has 1 aromatic heterocycles. The average Bonchev–Trinajstić information content (AvgIpc) is 2.55. The molecule has 1 fully saturated rings. The molecule has 23 heavy (non-hydrogen) atoms. The summed E-state index contributed by atoms with van der Waals surface area (Å²) in [5, 5.41) is 0. The Balaban J connectivity index is 1.68. The number of nitrogens with one attached hydrogen (secondary N) is 2. The first-order chi connectivity index (χ1) is 11.0. The van der Waals surface area contributed by atoms with Crippen molar-refractivity contribution in [1.82, 2.24) is 14.9 Å². The highest BCUT2D eigenvalue weighted by Gasteiger charge is 2.24. The maximum absolute atomic E-state index is 12.9. The standard InChI is InChI=1S/C15H15FN4O3/c16-10-1-3-11(4-2-10)19-5-7-20(8-6-19)14(22)12-9-17-15(23)18-13(12)21/h1-4,9H,5-8H2,(H2,17,18,21,23). The molecule has 3 rings (SSSR count). The number of aromatic nitrogens is 2. The van der Waals surface area contributed by atoms with Crippen LogP contribution < -0.4 is 16.1 Å². The maximum atomic E-state index is 12.9. The van der Waals surface area contributed by atoms with Crippen molar-refractivity contribution in [2.45, 2.75) is 0 Å². The van der Waals surface area contributed by atoms with Gasteiger partial charge in [0.05, 0.1) is 0 Å². The van der Waals surface area contributed by atoms with Crippen LogP contribution in [0.15, 0.2) is 40.1 Å². The van der Waals surface area contributed by atoms with Gasteiger partial charge in [0.2, 0.25) is 0 Å². The van der Waals surface area contributed by atoms with Gasteiger partial charge >= 0.3 is 5.69 Å². The largest absolute Gasteiger partial charge is 0.368 e. The lowest BCUT2D eigenvalue weighted by Gasteiger charge is -2.36. The summed E-state index contributed by atoms with van der Waals surface area (Å²) in [6.07, 6.45) is 1.13. The Bertz CT molecular complexity index is 820. The van der Waals surface area contributed by atoms with Crippen LogP contribution in [-0.2, 0) is 0 Å². The number of anilines is 1. The Hall–Kier alpha value is -2.90. The number of nitrogens with zero attached hydrogens (tertiary/aromatic N) is 2. The normalized spacial score (nSPS) is 14.8. The minimum Gasteiger partial charge on any atom is -0.368 e. The second kappa shape index (κ2) is 6.07. The highest BCUT2D eigenvalue weighted by atomic mass is 19.1. The van der Waals surface area contributed by atoms with Crippen LogP contribution in [0.1, 0.15) is 10.4 Å². The summed E-state index contributed by atoms with van der Waals surface area (Å²) in [6.45, 7) is 2.04. The molecule has 0 unspecified atom stereocenters. The van der Waals surface area contributed by atoms with Gasteiger partial charge in [-0.05, 0) is 24.3 Å². The summed E-state index contributed by atoms with van der Waals surface area (Å²) in [6, 6.07) is 6.18. The molecule has 8 heteroatoms. The van der Waals surface area contributed by atoms with Crippen molar-refractivity contribution < 1.29 is 9.18 Å². The number of carbonyl (C=O) groups excluding carboxylic acids is 1. The van der Waals surface area contributed by atoms with Crippen molar-refractivity contribution >= 4 is 11.6 Å². The maximum Gasteiger partial charge on any atom is 0.325 e. The van der Waals surface area contributed by atoms with E-state index in [1.54, 1.807) is 17.0 Å². The number of hydrogen-bond donors (Lipinski definition) is 2. The number of hydrogen-bond acceptors (Lipinski definition) is 4. The van der Waals surface area contributed by atoms with Crippen LogP contribution in [0.2, 0.25) is 0 Å². The SMILES string of the molecule is O=C(c1c[nH]c(=O)[nH]c1=O)N1CCN(c2ccc(F)cc2)CC1. The molecule has 7 nitrogen and oxygen atoms in total. The molecule has 1 aromatic carbocycles. The Kier molecular flexibility index (Phi) is 3.96. The number of aromatic amines is 2. The van der Waals surface area contributed by atoms with Crippen LogP contribution in [-0.4, -0.2) is 47.0 Å². The summed E-state index contributed by atoms with van der Waals surface area (Å²) in [7, 11) is 0.